The third kappa shape index (κ3) is 22.5. The number of para-hydroxylation sites is 2. The fourth-order valence-corrected chi connectivity index (χ4v) is 24.5. The number of rotatable bonds is 24. The summed E-state index contributed by atoms with van der Waals surface area (Å²) in [6.45, 7) is 29.3. The van der Waals surface area contributed by atoms with Gasteiger partial charge in [-0.15, -0.1) is 0 Å². The Balaban J connectivity index is 0.000000145. The number of benzene rings is 6. The second kappa shape index (κ2) is 40.8. The Hall–Kier alpha value is -9.27. The first-order chi connectivity index (χ1) is 60.3. The van der Waals surface area contributed by atoms with Crippen LogP contribution in [0.1, 0.15) is 56.9 Å². The minimum Gasteiger partial charge on any atom is -0.494 e. The zero-order valence-electron chi connectivity index (χ0n) is 74.1. The van der Waals surface area contributed by atoms with Gasteiger partial charge in [0, 0.05) is 206 Å². The van der Waals surface area contributed by atoms with E-state index in [9.17, 15) is 13.7 Å². The van der Waals surface area contributed by atoms with Crippen LogP contribution >= 0.6 is 44.6 Å². The number of hydrogen-bond acceptors (Lipinski definition) is 27. The number of anilines is 15. The summed E-state index contributed by atoms with van der Waals surface area (Å²) in [5.74, 6) is 4.91. The van der Waals surface area contributed by atoms with Gasteiger partial charge in [0.2, 0.25) is 17.8 Å². The highest BCUT2D eigenvalue weighted by Gasteiger charge is 2.35. The summed E-state index contributed by atoms with van der Waals surface area (Å²) in [5.41, 5.74) is 9.74. The Morgan fingerprint density at radius 1 is 0.424 bits per heavy atom. The number of H-pyrrole nitrogens is 1. The molecule has 0 spiro atoms. The van der Waals surface area contributed by atoms with E-state index >= 15 is 0 Å². The Labute approximate surface area is 746 Å². The molecular formula is C92H123Cl2N22O6P3. The van der Waals surface area contributed by atoms with Gasteiger partial charge in [0.15, 0.2) is 11.6 Å². The molecule has 0 saturated carbocycles. The molecule has 7 aliphatic rings. The van der Waals surface area contributed by atoms with Crippen LogP contribution in [0.4, 0.5) is 86.5 Å². The molecular weight excluding hydrogens is 1670 g/mol. The van der Waals surface area contributed by atoms with Crippen LogP contribution in [-0.2, 0) is 13.7 Å². The number of nitrogens with one attached hydrogen (secondary N) is 7. The van der Waals surface area contributed by atoms with Gasteiger partial charge in [0.05, 0.1) is 73.2 Å². The van der Waals surface area contributed by atoms with Crippen LogP contribution in [0.3, 0.4) is 0 Å². The summed E-state index contributed by atoms with van der Waals surface area (Å²) in [6.07, 6.45) is 15.5. The van der Waals surface area contributed by atoms with Crippen molar-refractivity contribution < 1.29 is 27.9 Å². The summed E-state index contributed by atoms with van der Waals surface area (Å²) < 4.78 is 56.9. The summed E-state index contributed by atoms with van der Waals surface area (Å²) in [7, 11) is 4.23. The van der Waals surface area contributed by atoms with Gasteiger partial charge in [-0.2, -0.15) is 19.9 Å². The van der Waals surface area contributed by atoms with E-state index in [0.29, 0.717) is 69.1 Å². The molecule has 4 aromatic heterocycles. The number of hydrogen-bond donors (Lipinski definition) is 7. The number of nitrogens with zero attached hydrogens (tertiary/aromatic N) is 15. The van der Waals surface area contributed by atoms with Crippen molar-refractivity contribution in [2.75, 3.05) is 246 Å². The van der Waals surface area contributed by atoms with Crippen LogP contribution < -0.4 is 76.7 Å². The van der Waals surface area contributed by atoms with Gasteiger partial charge in [0.25, 0.3) is 0 Å². The minimum atomic E-state index is -2.54. The molecule has 0 unspecified atom stereocenters. The Morgan fingerprint density at radius 2 is 0.816 bits per heavy atom. The van der Waals surface area contributed by atoms with Crippen molar-refractivity contribution in [3.05, 3.63) is 162 Å². The lowest BCUT2D eigenvalue weighted by Crippen LogP contribution is -2.52. The van der Waals surface area contributed by atoms with Gasteiger partial charge in [0.1, 0.15) is 60.2 Å². The third-order valence-electron chi connectivity index (χ3n) is 25.5. The fraction of sp³-hybridized carbons (Fsp3) is 0.457. The first-order valence-electron chi connectivity index (χ1n) is 43.9. The standard InChI is InChI=1S/C31H41ClN7O2P.C31H41N8O2P.C30H41ClN7O2P/c1-37-15-17-39(18-16-37)23-11-13-38(14-12-23)24-9-10-26(28(21-24)41-2)35-31-33-22-25(32)30(36-31)34-27-7-3-4-8-29(27)42(40)19-5-6-20-42;1-37-17-19-39(20-18-37)22-12-15-38(16-13-22)23-9-10-25(27(21-23)41-2)34-31-35-29-24(11-14-32-29)30(36-31)33-26-7-5-6-8-28(26)42(3,4)40;1-21-7-6-8-26(28(21)41(4,5)39)33-29-24(31)20-32-30(35-29)34-25-10-9-23(19-27(25)40-3)37-13-11-22(12-14-37)38-17-15-36(2)16-18-38/h3-4,7-10,21-23H,5-6,11-20H2,1-2H3,(H2,33,34,35,36);5-11,14,21-22H,12-13,15-20H2,1-4H3,(H3,32,33,34,35,36);6-10,19-20,22H,11-18H2,1-5H3,(H2,32,33,34,35). The van der Waals surface area contributed by atoms with Crippen molar-refractivity contribution in [3.8, 4) is 17.2 Å². The summed E-state index contributed by atoms with van der Waals surface area (Å²) in [5, 5.41) is 24.1. The van der Waals surface area contributed by atoms with Crippen molar-refractivity contribution in [1.82, 2.24) is 64.3 Å². The predicted molar refractivity (Wildman–Crippen MR) is 518 cm³/mol. The highest BCUT2D eigenvalue weighted by atomic mass is 35.5. The van der Waals surface area contributed by atoms with Gasteiger partial charge < -0.3 is 94.2 Å². The maximum atomic E-state index is 13.6. The number of piperidine rings is 3. The molecule has 11 heterocycles. The number of methoxy groups -OCH3 is 3. The second-order valence-electron chi connectivity index (χ2n) is 34.7. The van der Waals surface area contributed by atoms with Crippen molar-refractivity contribution in [1.29, 1.82) is 0 Å². The molecule has 0 bridgehead atoms. The lowest BCUT2D eigenvalue weighted by Gasteiger charge is -2.42. The smallest absolute Gasteiger partial charge is 0.231 e. The van der Waals surface area contributed by atoms with Crippen LogP contribution in [-0.4, -0.2) is 282 Å². The molecule has 0 amide bonds. The van der Waals surface area contributed by atoms with Gasteiger partial charge in [-0.25, -0.2) is 9.97 Å². The zero-order valence-corrected chi connectivity index (χ0v) is 78.3. The van der Waals surface area contributed by atoms with Crippen molar-refractivity contribution in [2.45, 2.75) is 76.4 Å². The van der Waals surface area contributed by atoms with E-state index in [0.717, 1.165) is 199 Å². The molecule has 7 fully saturated rings. The molecule has 0 radical (unpaired) electrons. The van der Waals surface area contributed by atoms with Crippen LogP contribution in [0.2, 0.25) is 10.0 Å². The van der Waals surface area contributed by atoms with Gasteiger partial charge in [-0.05, 0) is 184 Å². The summed E-state index contributed by atoms with van der Waals surface area (Å²) in [6, 6.07) is 43.9. The van der Waals surface area contributed by atoms with Crippen LogP contribution in [0, 0.1) is 6.92 Å². The van der Waals surface area contributed by atoms with Crippen molar-refractivity contribution >= 4 is 158 Å². The number of ether oxygens (including phenoxy) is 3. The molecule has 6 aromatic carbocycles. The van der Waals surface area contributed by atoms with Gasteiger partial charge >= 0.3 is 0 Å². The lowest BCUT2D eigenvalue weighted by atomic mass is 10.0. The maximum Gasteiger partial charge on any atom is 0.231 e. The second-order valence-corrected chi connectivity index (χ2v) is 45.0. The number of aromatic nitrogens is 7. The number of likely N-dealkylation sites (N-methyl/N-ethyl adjacent to an activating group) is 3. The maximum absolute atomic E-state index is 13.6. The largest absolute Gasteiger partial charge is 0.494 e. The number of aromatic amines is 1. The van der Waals surface area contributed by atoms with E-state index in [1.807, 2.05) is 104 Å². The number of halogens is 2. The number of piperazine rings is 3. The van der Waals surface area contributed by atoms with E-state index in [2.05, 4.69) is 158 Å². The highest BCUT2D eigenvalue weighted by Crippen LogP contribution is 2.53. The van der Waals surface area contributed by atoms with E-state index in [4.69, 9.17) is 47.4 Å². The first kappa shape index (κ1) is 90.5. The molecule has 17 rings (SSSR count). The molecule has 28 nitrogen and oxygen atoms in total. The minimum absolute atomic E-state index is 0.368. The SMILES string of the molecule is COc1cc(N2CCC(N3CCN(C)CC3)CC2)ccc1Nc1nc(Nc2ccccc2P(C)(C)=O)c2cc[nH]c2n1.COc1cc(N2CCC(N3CCN(C)CC3)CC2)ccc1Nc1ncc(Cl)c(Nc2cccc(C)c2P(C)(C)=O)n1.COc1cc(N2CCC(N3CCN(C)CC3)CC2)ccc1Nc1ncc(Cl)c(Nc2ccccc2P2(=O)CCCC2)n1. The first-order valence-corrected chi connectivity index (χ1v) is 51.9. The normalized spacial score (nSPS) is 18.3. The quantitative estimate of drug-likeness (QED) is 0.0277. The number of fused-ring (bicyclic) bond motifs is 1. The molecule has 0 aliphatic carbocycles. The Bertz CT molecular complexity index is 5490. The van der Waals surface area contributed by atoms with E-state index < -0.39 is 21.4 Å². The van der Waals surface area contributed by atoms with Gasteiger partial charge in [-0.3, -0.25) is 14.7 Å². The Morgan fingerprint density at radius 3 is 1.25 bits per heavy atom. The van der Waals surface area contributed by atoms with Crippen LogP contribution in [0.25, 0.3) is 11.0 Å². The van der Waals surface area contributed by atoms with E-state index in [-0.39, 0.29) is 0 Å². The van der Waals surface area contributed by atoms with Crippen molar-refractivity contribution in [2.24, 2.45) is 0 Å². The molecule has 666 valence electrons. The van der Waals surface area contributed by atoms with E-state index in [1.54, 1.807) is 60.4 Å². The monoisotopic (exact) mass is 1790 g/mol. The lowest BCUT2D eigenvalue weighted by molar-refractivity contribution is 0.0982. The average Bonchev–Trinajstić information content (AvgIpc) is 1.79. The summed E-state index contributed by atoms with van der Waals surface area (Å²) >= 11 is 13.0. The highest BCUT2D eigenvalue weighted by molar-refractivity contribution is 7.72. The van der Waals surface area contributed by atoms with Crippen LogP contribution in [0.5, 0.6) is 17.2 Å². The van der Waals surface area contributed by atoms with Crippen molar-refractivity contribution in [3.63, 3.8) is 0 Å². The molecule has 125 heavy (non-hydrogen) atoms. The fourth-order valence-electron chi connectivity index (χ4n) is 18.4. The molecule has 7 saturated heterocycles. The topological polar surface area (TPSA) is 273 Å². The predicted octanol–water partition coefficient (Wildman–Crippen LogP) is 15.9. The van der Waals surface area contributed by atoms with E-state index in [1.165, 1.54) is 77.8 Å². The van der Waals surface area contributed by atoms with Gasteiger partial charge in [-0.1, -0.05) is 59.6 Å². The molecule has 7 aliphatic heterocycles. The molecule has 33 heteroatoms. The zero-order chi connectivity index (χ0) is 87.5. The molecule has 10 aromatic rings. The average molecular weight is 1800 g/mol. The number of aryl methyl sites for hydroxylation is 1. The molecule has 0 atom stereocenters. The third-order valence-corrected chi connectivity index (χ3v) is 32.6. The summed E-state index contributed by atoms with van der Waals surface area (Å²) in [4.78, 5) is 53.4. The molecule has 7 N–H and O–H groups in total. The Kier molecular flexibility index (Phi) is 29.5. The van der Waals surface area contributed by atoms with Crippen LogP contribution in [0.15, 0.2) is 146 Å².